The maximum Gasteiger partial charge on any atom is 0.0165 e. The molecule has 0 aromatic heterocycles. The summed E-state index contributed by atoms with van der Waals surface area (Å²) in [6.45, 7) is 16.8. The first-order chi connectivity index (χ1) is 18.1. The van der Waals surface area contributed by atoms with Gasteiger partial charge in [-0.25, -0.2) is 0 Å². The van der Waals surface area contributed by atoms with E-state index in [9.17, 15) is 0 Å². The number of benzene rings is 6. The molecule has 6 aromatic rings. The van der Waals surface area contributed by atoms with Crippen LogP contribution in [-0.4, -0.2) is 0 Å². The van der Waals surface area contributed by atoms with Crippen molar-refractivity contribution in [3.63, 3.8) is 0 Å². The SMILES string of the molecule is CC.CC.CC.CC1(C)c2cc3cc4ccccc4cc3cc2-c2c1c1ccccc1c1ccccc21. The van der Waals surface area contributed by atoms with E-state index >= 15 is 0 Å². The van der Waals surface area contributed by atoms with Crippen molar-refractivity contribution in [3.05, 3.63) is 108 Å². The number of fused-ring (bicyclic) bond motifs is 10. The Hall–Kier alpha value is -3.64. The highest BCUT2D eigenvalue weighted by Gasteiger charge is 2.38. The van der Waals surface area contributed by atoms with Gasteiger partial charge in [-0.2, -0.15) is 0 Å². The Kier molecular flexibility index (Phi) is 7.69. The van der Waals surface area contributed by atoms with Crippen molar-refractivity contribution in [1.82, 2.24) is 0 Å². The first-order valence-corrected chi connectivity index (χ1v) is 14.0. The average molecular weight is 485 g/mol. The lowest BCUT2D eigenvalue weighted by Crippen LogP contribution is -2.15. The second-order valence-electron chi connectivity index (χ2n) is 9.41. The van der Waals surface area contributed by atoms with Gasteiger partial charge in [-0.1, -0.05) is 128 Å². The van der Waals surface area contributed by atoms with Crippen molar-refractivity contribution < 1.29 is 0 Å². The predicted octanol–water partition coefficient (Wildman–Crippen LogP) is 11.7. The summed E-state index contributed by atoms with van der Waals surface area (Å²) in [6.07, 6.45) is 0. The molecule has 37 heavy (non-hydrogen) atoms. The molecule has 0 bridgehead atoms. The highest BCUT2D eigenvalue weighted by Crippen LogP contribution is 2.55. The lowest BCUT2D eigenvalue weighted by molar-refractivity contribution is 0.667. The summed E-state index contributed by atoms with van der Waals surface area (Å²) >= 11 is 0. The summed E-state index contributed by atoms with van der Waals surface area (Å²) in [5.41, 5.74) is 5.67. The molecule has 0 saturated heterocycles. The van der Waals surface area contributed by atoms with E-state index < -0.39 is 0 Å². The minimum absolute atomic E-state index is 0.0475. The van der Waals surface area contributed by atoms with E-state index in [4.69, 9.17) is 0 Å². The monoisotopic (exact) mass is 484 g/mol. The van der Waals surface area contributed by atoms with Crippen molar-refractivity contribution in [2.75, 3.05) is 0 Å². The highest BCUT2D eigenvalue weighted by molar-refractivity contribution is 6.19. The van der Waals surface area contributed by atoms with Crippen LogP contribution in [0.3, 0.4) is 0 Å². The van der Waals surface area contributed by atoms with Crippen LogP contribution in [0.4, 0.5) is 0 Å². The second-order valence-corrected chi connectivity index (χ2v) is 9.41. The fourth-order valence-corrected chi connectivity index (χ4v) is 5.92. The van der Waals surface area contributed by atoms with E-state index in [-0.39, 0.29) is 5.41 Å². The van der Waals surface area contributed by atoms with Crippen molar-refractivity contribution in [2.45, 2.75) is 60.8 Å². The van der Waals surface area contributed by atoms with Gasteiger partial charge >= 0.3 is 0 Å². The van der Waals surface area contributed by atoms with Crippen LogP contribution in [0.15, 0.2) is 97.1 Å². The second kappa shape index (κ2) is 10.8. The molecule has 6 aromatic carbocycles. The Morgan fingerprint density at radius 3 is 1.43 bits per heavy atom. The van der Waals surface area contributed by atoms with E-state index in [1.54, 1.807) is 0 Å². The van der Waals surface area contributed by atoms with E-state index in [1.807, 2.05) is 41.5 Å². The third kappa shape index (κ3) is 4.09. The van der Waals surface area contributed by atoms with Gasteiger partial charge in [0.15, 0.2) is 0 Å². The van der Waals surface area contributed by atoms with Crippen LogP contribution in [0.2, 0.25) is 0 Å². The maximum absolute atomic E-state index is 2.45. The van der Waals surface area contributed by atoms with Gasteiger partial charge in [0.2, 0.25) is 0 Å². The molecule has 0 spiro atoms. The molecule has 0 heterocycles. The first kappa shape index (κ1) is 26.4. The third-order valence-electron chi connectivity index (χ3n) is 7.34. The van der Waals surface area contributed by atoms with E-state index in [2.05, 4.69) is 111 Å². The van der Waals surface area contributed by atoms with Crippen LogP contribution in [0, 0.1) is 0 Å². The molecule has 7 rings (SSSR count). The molecule has 188 valence electrons. The van der Waals surface area contributed by atoms with E-state index in [0.29, 0.717) is 0 Å². The Labute approximate surface area is 223 Å². The summed E-state index contributed by atoms with van der Waals surface area (Å²) in [6, 6.07) is 36.1. The molecule has 0 aliphatic heterocycles. The molecule has 0 radical (unpaired) electrons. The summed E-state index contributed by atoms with van der Waals surface area (Å²) in [7, 11) is 0. The molecular weight excluding hydrogens is 444 g/mol. The molecule has 1 aliphatic rings. The average Bonchev–Trinajstić information content (AvgIpc) is 3.20. The van der Waals surface area contributed by atoms with Crippen LogP contribution in [0.25, 0.3) is 54.2 Å². The summed E-state index contributed by atoms with van der Waals surface area (Å²) in [5, 5.41) is 10.7. The third-order valence-corrected chi connectivity index (χ3v) is 7.34. The van der Waals surface area contributed by atoms with Crippen molar-refractivity contribution in [2.24, 2.45) is 0 Å². The zero-order valence-corrected chi connectivity index (χ0v) is 23.7. The van der Waals surface area contributed by atoms with Crippen molar-refractivity contribution >= 4 is 43.1 Å². The Morgan fingerprint density at radius 2 is 0.865 bits per heavy atom. The Bertz CT molecular complexity index is 1700. The normalized spacial score (nSPS) is 12.5. The quantitative estimate of drug-likeness (QED) is 0.148. The Morgan fingerprint density at radius 1 is 0.432 bits per heavy atom. The molecule has 0 fully saturated rings. The zero-order valence-electron chi connectivity index (χ0n) is 23.7. The van der Waals surface area contributed by atoms with Gasteiger partial charge in [-0.15, -0.1) is 0 Å². The molecular formula is C37H40. The van der Waals surface area contributed by atoms with Crippen molar-refractivity contribution in [3.8, 4) is 11.1 Å². The summed E-state index contributed by atoms with van der Waals surface area (Å²) in [4.78, 5) is 0. The molecule has 0 nitrogen and oxygen atoms in total. The minimum atomic E-state index is -0.0475. The summed E-state index contributed by atoms with van der Waals surface area (Å²) < 4.78 is 0. The maximum atomic E-state index is 2.45. The number of rotatable bonds is 0. The molecule has 0 atom stereocenters. The molecule has 0 N–H and O–H groups in total. The lowest BCUT2D eigenvalue weighted by Gasteiger charge is -2.24. The van der Waals surface area contributed by atoms with Gasteiger partial charge in [0.1, 0.15) is 0 Å². The minimum Gasteiger partial charge on any atom is -0.0683 e. The van der Waals surface area contributed by atoms with Gasteiger partial charge < -0.3 is 0 Å². The number of hydrogen-bond donors (Lipinski definition) is 0. The molecule has 1 aliphatic carbocycles. The fourth-order valence-electron chi connectivity index (χ4n) is 5.92. The molecule has 0 heteroatoms. The molecule has 0 unspecified atom stereocenters. The van der Waals surface area contributed by atoms with Crippen molar-refractivity contribution in [1.29, 1.82) is 0 Å². The standard InChI is InChI=1S/C31H22.3C2H6/c1-31(2)28-18-22-16-20-10-4-3-9-19(20)15-21(22)17-27(28)29-25-13-7-5-11-23(25)24-12-6-8-14-26(24)30(29)31;3*1-2/h3-18H,1-2H3;3*1-2H3. The van der Waals surface area contributed by atoms with Gasteiger partial charge in [0.05, 0.1) is 0 Å². The Balaban J connectivity index is 0.000000500. The molecule has 0 amide bonds. The number of hydrogen-bond acceptors (Lipinski definition) is 0. The van der Waals surface area contributed by atoms with Gasteiger partial charge in [0.25, 0.3) is 0 Å². The topological polar surface area (TPSA) is 0 Å². The van der Waals surface area contributed by atoms with Crippen LogP contribution in [0.1, 0.15) is 66.5 Å². The zero-order chi connectivity index (χ0) is 26.7. The van der Waals surface area contributed by atoms with Crippen LogP contribution < -0.4 is 0 Å². The largest absolute Gasteiger partial charge is 0.0683 e. The van der Waals surface area contributed by atoms with E-state index in [1.165, 1.54) is 65.3 Å². The smallest absolute Gasteiger partial charge is 0.0165 e. The van der Waals surface area contributed by atoms with E-state index in [0.717, 1.165) is 0 Å². The predicted molar refractivity (Wildman–Crippen MR) is 168 cm³/mol. The lowest BCUT2D eigenvalue weighted by atomic mass is 9.79. The van der Waals surface area contributed by atoms with Gasteiger partial charge in [0, 0.05) is 5.41 Å². The molecule has 0 saturated carbocycles. The van der Waals surface area contributed by atoms with Crippen LogP contribution >= 0.6 is 0 Å². The van der Waals surface area contributed by atoms with Gasteiger partial charge in [-0.05, 0) is 89.6 Å². The van der Waals surface area contributed by atoms with Crippen LogP contribution in [-0.2, 0) is 5.41 Å². The first-order valence-electron chi connectivity index (χ1n) is 14.0. The van der Waals surface area contributed by atoms with Crippen LogP contribution in [0.5, 0.6) is 0 Å². The fraction of sp³-hybridized carbons (Fsp3) is 0.243. The summed E-state index contributed by atoms with van der Waals surface area (Å²) in [5.74, 6) is 0. The van der Waals surface area contributed by atoms with Gasteiger partial charge in [-0.3, -0.25) is 0 Å². The highest BCUT2D eigenvalue weighted by atomic mass is 14.4.